The minimum Gasteiger partial charge on any atom is -0.467 e. The van der Waals surface area contributed by atoms with Gasteiger partial charge in [-0.25, -0.2) is 19.3 Å². The van der Waals surface area contributed by atoms with Gasteiger partial charge in [0.1, 0.15) is 12.6 Å². The van der Waals surface area contributed by atoms with Crippen LogP contribution in [0.15, 0.2) is 12.7 Å². The van der Waals surface area contributed by atoms with Crippen molar-refractivity contribution in [2.75, 3.05) is 13.7 Å². The highest BCUT2D eigenvalue weighted by atomic mass is 16.6. The maximum Gasteiger partial charge on any atom is 0.418 e. The Labute approximate surface area is 124 Å². The van der Waals surface area contributed by atoms with Crippen LogP contribution in [0, 0.1) is 5.92 Å². The molecule has 0 aromatic carbocycles. The second-order valence-corrected chi connectivity index (χ2v) is 5.28. The molecule has 0 spiro atoms. The van der Waals surface area contributed by atoms with Crippen LogP contribution in [-0.2, 0) is 14.3 Å². The molecule has 0 aliphatic carbocycles. The number of esters is 1. The normalized spacial score (nSPS) is 19.1. The van der Waals surface area contributed by atoms with Gasteiger partial charge in [0.15, 0.2) is 0 Å². The summed E-state index contributed by atoms with van der Waals surface area (Å²) in [4.78, 5) is 36.5. The van der Waals surface area contributed by atoms with E-state index in [4.69, 9.17) is 4.74 Å². The average molecular weight is 298 g/mol. The number of hydrogen-bond acceptors (Lipinski definition) is 5. The Balaban J connectivity index is 2.76. The van der Waals surface area contributed by atoms with E-state index in [2.05, 4.69) is 16.6 Å². The molecule has 1 fully saturated rings. The lowest BCUT2D eigenvalue weighted by Gasteiger charge is -2.23. The quantitative estimate of drug-likeness (QED) is 0.595. The molecule has 1 aliphatic rings. The molecule has 0 bridgehead atoms. The van der Waals surface area contributed by atoms with Crippen molar-refractivity contribution in [3.05, 3.63) is 12.7 Å². The first-order valence-electron chi connectivity index (χ1n) is 6.85. The van der Waals surface area contributed by atoms with Crippen molar-refractivity contribution in [3.63, 3.8) is 0 Å². The number of amides is 3. The minimum absolute atomic E-state index is 0.175. The average Bonchev–Trinajstić information content (AvgIpc) is 2.77. The number of nitrogens with one attached hydrogen (secondary N) is 1. The first-order valence-corrected chi connectivity index (χ1v) is 6.85. The smallest absolute Gasteiger partial charge is 0.418 e. The lowest BCUT2D eigenvalue weighted by molar-refractivity contribution is -0.142. The molecule has 7 heteroatoms. The van der Waals surface area contributed by atoms with Crippen molar-refractivity contribution in [3.8, 4) is 0 Å². The van der Waals surface area contributed by atoms with Gasteiger partial charge in [0, 0.05) is 0 Å². The molecule has 1 aliphatic heterocycles. The number of cyclic esters (lactones) is 1. The number of hydrogen-bond donors (Lipinski definition) is 1. The first kappa shape index (κ1) is 17.0. The van der Waals surface area contributed by atoms with Crippen molar-refractivity contribution in [2.24, 2.45) is 5.92 Å². The molecule has 0 unspecified atom stereocenters. The summed E-state index contributed by atoms with van der Waals surface area (Å²) in [7, 11) is 1.23. The van der Waals surface area contributed by atoms with Gasteiger partial charge < -0.3 is 14.8 Å². The third-order valence-electron chi connectivity index (χ3n) is 3.11. The van der Waals surface area contributed by atoms with E-state index in [9.17, 15) is 14.4 Å². The molecule has 21 heavy (non-hydrogen) atoms. The summed E-state index contributed by atoms with van der Waals surface area (Å²) in [6.45, 7) is 7.69. The Hall–Kier alpha value is -2.05. The van der Waals surface area contributed by atoms with Gasteiger partial charge in [-0.2, -0.15) is 0 Å². The van der Waals surface area contributed by atoms with E-state index in [1.54, 1.807) is 0 Å². The standard InChI is InChI=1S/C14H22N2O5/c1-5-6-11(12(17)20-4)15-13(18)16-10(7-9(2)3)8-21-14(16)19/h5,9-11H,1,6-8H2,2-4H3,(H,15,18)/t10-,11+/m0/s1. The lowest BCUT2D eigenvalue weighted by atomic mass is 10.0. The highest BCUT2D eigenvalue weighted by Gasteiger charge is 2.39. The van der Waals surface area contributed by atoms with Crippen LogP contribution < -0.4 is 5.32 Å². The fourth-order valence-corrected chi connectivity index (χ4v) is 2.17. The molecular formula is C14H22N2O5. The molecule has 1 N–H and O–H groups in total. The van der Waals surface area contributed by atoms with Crippen LogP contribution in [0.1, 0.15) is 26.7 Å². The summed E-state index contributed by atoms with van der Waals surface area (Å²) >= 11 is 0. The Bertz CT molecular complexity index is 422. The van der Waals surface area contributed by atoms with Crippen LogP contribution in [0.3, 0.4) is 0 Å². The summed E-state index contributed by atoms with van der Waals surface area (Å²) < 4.78 is 9.53. The van der Waals surface area contributed by atoms with Gasteiger partial charge >= 0.3 is 18.1 Å². The number of methoxy groups -OCH3 is 1. The monoisotopic (exact) mass is 298 g/mol. The zero-order valence-corrected chi connectivity index (χ0v) is 12.6. The van der Waals surface area contributed by atoms with Crippen molar-refractivity contribution >= 4 is 18.1 Å². The first-order chi connectivity index (χ1) is 9.90. The Kier molecular flexibility index (Phi) is 6.20. The Morgan fingerprint density at radius 3 is 2.76 bits per heavy atom. The Morgan fingerprint density at radius 1 is 1.57 bits per heavy atom. The van der Waals surface area contributed by atoms with Crippen LogP contribution in [0.2, 0.25) is 0 Å². The van der Waals surface area contributed by atoms with Crippen LogP contribution >= 0.6 is 0 Å². The number of ether oxygens (including phenoxy) is 2. The molecular weight excluding hydrogens is 276 g/mol. The van der Waals surface area contributed by atoms with E-state index in [0.717, 1.165) is 4.90 Å². The lowest BCUT2D eigenvalue weighted by Crippen LogP contribution is -2.51. The largest absolute Gasteiger partial charge is 0.467 e. The molecule has 0 aromatic heterocycles. The van der Waals surface area contributed by atoms with Gasteiger partial charge in [-0.1, -0.05) is 19.9 Å². The van der Waals surface area contributed by atoms with Gasteiger partial charge in [-0.05, 0) is 18.8 Å². The third kappa shape index (κ3) is 4.47. The summed E-state index contributed by atoms with van der Waals surface area (Å²) in [5.41, 5.74) is 0. The predicted molar refractivity (Wildman–Crippen MR) is 75.6 cm³/mol. The highest BCUT2D eigenvalue weighted by Crippen LogP contribution is 2.19. The van der Waals surface area contributed by atoms with Crippen LogP contribution in [-0.4, -0.2) is 48.8 Å². The molecule has 3 amide bonds. The second-order valence-electron chi connectivity index (χ2n) is 5.28. The topological polar surface area (TPSA) is 84.9 Å². The van der Waals surface area contributed by atoms with Gasteiger partial charge in [-0.15, -0.1) is 6.58 Å². The number of urea groups is 1. The fraction of sp³-hybridized carbons (Fsp3) is 0.643. The summed E-state index contributed by atoms with van der Waals surface area (Å²) in [5, 5.41) is 2.48. The number of nitrogens with zero attached hydrogens (tertiary/aromatic N) is 1. The van der Waals surface area contributed by atoms with Crippen LogP contribution in [0.5, 0.6) is 0 Å². The number of rotatable bonds is 6. The predicted octanol–water partition coefficient (Wildman–Crippen LogP) is 1.68. The van der Waals surface area contributed by atoms with Crippen molar-refractivity contribution in [1.29, 1.82) is 0 Å². The number of carbonyl (C=O) groups is 3. The van der Waals surface area contributed by atoms with Gasteiger partial charge in [-0.3, -0.25) is 0 Å². The zero-order chi connectivity index (χ0) is 16.0. The second kappa shape index (κ2) is 7.66. The van der Waals surface area contributed by atoms with E-state index in [-0.39, 0.29) is 19.1 Å². The van der Waals surface area contributed by atoms with Crippen LogP contribution in [0.25, 0.3) is 0 Å². The van der Waals surface area contributed by atoms with Crippen LogP contribution in [0.4, 0.5) is 9.59 Å². The fourth-order valence-electron chi connectivity index (χ4n) is 2.17. The highest BCUT2D eigenvalue weighted by molar-refractivity contribution is 5.94. The number of imide groups is 1. The molecule has 0 aromatic rings. The molecule has 7 nitrogen and oxygen atoms in total. The number of carbonyl (C=O) groups excluding carboxylic acids is 3. The third-order valence-corrected chi connectivity index (χ3v) is 3.11. The SMILES string of the molecule is C=CC[C@@H](NC(=O)N1C(=O)OC[C@@H]1CC(C)C)C(=O)OC. The molecule has 1 rings (SSSR count). The van der Waals surface area contributed by atoms with Gasteiger partial charge in [0.05, 0.1) is 13.2 Å². The van der Waals surface area contributed by atoms with E-state index in [0.29, 0.717) is 12.3 Å². The molecule has 0 saturated carbocycles. The summed E-state index contributed by atoms with van der Waals surface area (Å²) in [6, 6.07) is -1.84. The van der Waals surface area contributed by atoms with Gasteiger partial charge in [0.25, 0.3) is 0 Å². The summed E-state index contributed by atoms with van der Waals surface area (Å²) in [6.07, 6.45) is 1.66. The van der Waals surface area contributed by atoms with E-state index < -0.39 is 24.1 Å². The van der Waals surface area contributed by atoms with Crippen molar-refractivity contribution in [1.82, 2.24) is 10.2 Å². The molecule has 1 heterocycles. The van der Waals surface area contributed by atoms with E-state index in [1.807, 2.05) is 13.8 Å². The van der Waals surface area contributed by atoms with Crippen molar-refractivity contribution < 1.29 is 23.9 Å². The summed E-state index contributed by atoms with van der Waals surface area (Å²) in [5.74, 6) is -0.277. The zero-order valence-electron chi connectivity index (χ0n) is 12.6. The molecule has 2 atom stereocenters. The van der Waals surface area contributed by atoms with E-state index >= 15 is 0 Å². The molecule has 118 valence electrons. The minimum atomic E-state index is -0.868. The maximum absolute atomic E-state index is 12.2. The maximum atomic E-state index is 12.2. The van der Waals surface area contributed by atoms with Crippen molar-refractivity contribution in [2.45, 2.75) is 38.8 Å². The molecule has 0 radical (unpaired) electrons. The molecule has 1 saturated heterocycles. The van der Waals surface area contributed by atoms with E-state index in [1.165, 1.54) is 13.2 Å². The van der Waals surface area contributed by atoms with Gasteiger partial charge in [0.2, 0.25) is 0 Å². The Morgan fingerprint density at radius 2 is 2.24 bits per heavy atom.